The number of nitrogens with zero attached hydrogens (tertiary/aromatic N) is 2. The van der Waals surface area contributed by atoms with E-state index in [0.29, 0.717) is 46.6 Å². The van der Waals surface area contributed by atoms with Gasteiger partial charge in [0, 0.05) is 23.4 Å². The number of aryl methyl sites for hydroxylation is 2. The standard InChI is InChI=1S/C20H15FN2O2/c1-12-17-18(14-7-3-4-8-15(14)19(24)20(17)25)22-23(12)11-10-13-6-2-5-9-16(13)21/h2-9H,10-11H2,1H3. The van der Waals surface area contributed by atoms with Crippen LogP contribution in [0.4, 0.5) is 4.39 Å². The molecule has 124 valence electrons. The van der Waals surface area contributed by atoms with Gasteiger partial charge in [-0.1, -0.05) is 42.5 Å². The van der Waals surface area contributed by atoms with Gasteiger partial charge in [0.2, 0.25) is 11.6 Å². The molecule has 0 spiro atoms. The first kappa shape index (κ1) is 15.4. The van der Waals surface area contributed by atoms with Gasteiger partial charge in [0.25, 0.3) is 0 Å². The first-order chi connectivity index (χ1) is 12.1. The first-order valence-corrected chi connectivity index (χ1v) is 8.07. The highest BCUT2D eigenvalue weighted by atomic mass is 19.1. The van der Waals surface area contributed by atoms with E-state index >= 15 is 0 Å². The molecule has 25 heavy (non-hydrogen) atoms. The molecule has 1 aromatic heterocycles. The number of rotatable bonds is 3. The van der Waals surface area contributed by atoms with Crippen molar-refractivity contribution in [2.75, 3.05) is 0 Å². The van der Waals surface area contributed by atoms with E-state index in [1.807, 2.05) is 6.07 Å². The van der Waals surface area contributed by atoms with Crippen LogP contribution in [0.5, 0.6) is 0 Å². The van der Waals surface area contributed by atoms with Gasteiger partial charge in [-0.2, -0.15) is 5.10 Å². The lowest BCUT2D eigenvalue weighted by molar-refractivity contribution is 0.0815. The molecule has 0 amide bonds. The summed E-state index contributed by atoms with van der Waals surface area (Å²) in [6.45, 7) is 2.20. The van der Waals surface area contributed by atoms with Crippen LogP contribution < -0.4 is 0 Å². The number of benzene rings is 2. The van der Waals surface area contributed by atoms with Crippen molar-refractivity contribution in [1.82, 2.24) is 9.78 Å². The zero-order chi connectivity index (χ0) is 17.6. The lowest BCUT2D eigenvalue weighted by atomic mass is 9.87. The topological polar surface area (TPSA) is 52.0 Å². The molecule has 0 N–H and O–H groups in total. The van der Waals surface area contributed by atoms with Crippen molar-refractivity contribution >= 4 is 11.6 Å². The van der Waals surface area contributed by atoms with Crippen LogP contribution in [0.3, 0.4) is 0 Å². The molecule has 3 aromatic rings. The Morgan fingerprint density at radius 3 is 2.40 bits per heavy atom. The van der Waals surface area contributed by atoms with Crippen molar-refractivity contribution in [3.63, 3.8) is 0 Å². The van der Waals surface area contributed by atoms with Crippen molar-refractivity contribution in [2.45, 2.75) is 19.9 Å². The van der Waals surface area contributed by atoms with Crippen molar-refractivity contribution in [3.8, 4) is 11.3 Å². The third-order valence-corrected chi connectivity index (χ3v) is 4.62. The van der Waals surface area contributed by atoms with Crippen molar-refractivity contribution in [1.29, 1.82) is 0 Å². The normalized spacial score (nSPS) is 12.9. The minimum absolute atomic E-state index is 0.256. The zero-order valence-electron chi connectivity index (χ0n) is 13.6. The Kier molecular flexibility index (Phi) is 3.57. The second kappa shape index (κ2) is 5.77. The maximum atomic E-state index is 13.8. The summed E-state index contributed by atoms with van der Waals surface area (Å²) in [5.74, 6) is -1.28. The number of Topliss-reactive ketones (excluding diaryl/α,β-unsaturated/α-hetero) is 2. The summed E-state index contributed by atoms with van der Waals surface area (Å²) < 4.78 is 15.5. The molecule has 2 aromatic carbocycles. The number of ketones is 2. The number of carbonyl (C=O) groups is 2. The van der Waals surface area contributed by atoms with Crippen LogP contribution in [0.25, 0.3) is 11.3 Å². The maximum absolute atomic E-state index is 13.8. The average molecular weight is 334 g/mol. The highest BCUT2D eigenvalue weighted by molar-refractivity contribution is 6.53. The molecule has 4 rings (SSSR count). The fourth-order valence-corrected chi connectivity index (χ4v) is 3.28. The number of hydrogen-bond acceptors (Lipinski definition) is 3. The number of hydrogen-bond donors (Lipinski definition) is 0. The second-order valence-corrected chi connectivity index (χ2v) is 6.08. The van der Waals surface area contributed by atoms with E-state index in [2.05, 4.69) is 5.10 Å². The molecular weight excluding hydrogens is 319 g/mol. The van der Waals surface area contributed by atoms with Crippen LogP contribution in [0.2, 0.25) is 0 Å². The van der Waals surface area contributed by atoms with Gasteiger partial charge in [0.05, 0.1) is 5.56 Å². The Hall–Kier alpha value is -3.08. The third-order valence-electron chi connectivity index (χ3n) is 4.62. The van der Waals surface area contributed by atoms with Crippen LogP contribution in [0.1, 0.15) is 32.0 Å². The molecule has 0 aliphatic heterocycles. The van der Waals surface area contributed by atoms with E-state index in [1.54, 1.807) is 48.0 Å². The molecule has 4 nitrogen and oxygen atoms in total. The minimum atomic E-state index is -0.525. The summed E-state index contributed by atoms with van der Waals surface area (Å²) >= 11 is 0. The van der Waals surface area contributed by atoms with E-state index in [4.69, 9.17) is 0 Å². The fourth-order valence-electron chi connectivity index (χ4n) is 3.28. The number of aromatic nitrogens is 2. The van der Waals surface area contributed by atoms with Gasteiger partial charge in [0.15, 0.2) is 0 Å². The lowest BCUT2D eigenvalue weighted by Gasteiger charge is -2.12. The summed E-state index contributed by atoms with van der Waals surface area (Å²) in [6.07, 6.45) is 0.456. The largest absolute Gasteiger partial charge is 0.285 e. The molecule has 5 heteroatoms. The van der Waals surface area contributed by atoms with Crippen molar-refractivity contribution < 1.29 is 14.0 Å². The van der Waals surface area contributed by atoms with Crippen LogP contribution in [0.15, 0.2) is 48.5 Å². The average Bonchev–Trinajstić information content (AvgIpc) is 2.96. The Labute approximate surface area is 143 Å². The molecule has 0 bridgehead atoms. The Morgan fingerprint density at radius 2 is 1.64 bits per heavy atom. The lowest BCUT2D eigenvalue weighted by Crippen LogP contribution is -2.21. The van der Waals surface area contributed by atoms with Crippen LogP contribution >= 0.6 is 0 Å². The molecule has 0 atom stereocenters. The van der Waals surface area contributed by atoms with Crippen molar-refractivity contribution in [2.24, 2.45) is 0 Å². The van der Waals surface area contributed by atoms with E-state index in [9.17, 15) is 14.0 Å². The summed E-state index contributed by atoms with van der Waals surface area (Å²) in [5, 5.41) is 4.54. The Morgan fingerprint density at radius 1 is 0.960 bits per heavy atom. The van der Waals surface area contributed by atoms with Gasteiger partial charge >= 0.3 is 0 Å². The summed E-state index contributed by atoms with van der Waals surface area (Å²) in [7, 11) is 0. The van der Waals surface area contributed by atoms with Crippen LogP contribution in [0, 0.1) is 12.7 Å². The van der Waals surface area contributed by atoms with Gasteiger partial charge in [-0.3, -0.25) is 14.3 Å². The van der Waals surface area contributed by atoms with Gasteiger partial charge in [-0.05, 0) is 25.0 Å². The molecule has 1 heterocycles. The van der Waals surface area contributed by atoms with E-state index in [0.717, 1.165) is 0 Å². The number of fused-ring (bicyclic) bond motifs is 3. The summed E-state index contributed by atoms with van der Waals surface area (Å²) in [5.41, 5.74) is 3.19. The Bertz CT molecular complexity index is 1020. The summed E-state index contributed by atoms with van der Waals surface area (Å²) in [4.78, 5) is 24.8. The molecule has 0 saturated heterocycles. The predicted octanol–water partition coefficient (Wildman–Crippen LogP) is 3.62. The van der Waals surface area contributed by atoms with Gasteiger partial charge in [0.1, 0.15) is 11.5 Å². The Balaban J connectivity index is 1.74. The fraction of sp³-hybridized carbons (Fsp3) is 0.150. The van der Waals surface area contributed by atoms with E-state index in [1.165, 1.54) is 6.07 Å². The van der Waals surface area contributed by atoms with Gasteiger partial charge in [-0.25, -0.2) is 4.39 Å². The SMILES string of the molecule is Cc1c2c(nn1CCc1ccccc1F)-c1ccccc1C(=O)C2=O. The molecule has 0 radical (unpaired) electrons. The number of carbonyl (C=O) groups excluding carboxylic acids is 2. The smallest absolute Gasteiger partial charge is 0.237 e. The third kappa shape index (κ3) is 2.39. The maximum Gasteiger partial charge on any atom is 0.237 e. The molecule has 1 aliphatic rings. The first-order valence-electron chi connectivity index (χ1n) is 8.07. The monoisotopic (exact) mass is 334 g/mol. The molecule has 0 unspecified atom stereocenters. The summed E-state index contributed by atoms with van der Waals surface area (Å²) in [6, 6.07) is 13.6. The van der Waals surface area contributed by atoms with E-state index in [-0.39, 0.29) is 5.82 Å². The second-order valence-electron chi connectivity index (χ2n) is 6.08. The highest BCUT2D eigenvalue weighted by Gasteiger charge is 2.34. The van der Waals surface area contributed by atoms with Gasteiger partial charge in [-0.15, -0.1) is 0 Å². The van der Waals surface area contributed by atoms with Crippen LogP contribution in [-0.2, 0) is 13.0 Å². The molecule has 0 fully saturated rings. The quantitative estimate of drug-likeness (QED) is 0.688. The van der Waals surface area contributed by atoms with Crippen molar-refractivity contribution in [3.05, 3.63) is 76.7 Å². The van der Waals surface area contributed by atoms with Crippen LogP contribution in [-0.4, -0.2) is 21.3 Å². The number of halogens is 1. The van der Waals surface area contributed by atoms with Gasteiger partial charge < -0.3 is 0 Å². The highest BCUT2D eigenvalue weighted by Crippen LogP contribution is 2.34. The molecular formula is C20H15FN2O2. The molecule has 1 aliphatic carbocycles. The zero-order valence-corrected chi connectivity index (χ0v) is 13.6. The van der Waals surface area contributed by atoms with E-state index < -0.39 is 11.6 Å². The predicted molar refractivity (Wildman–Crippen MR) is 91.2 cm³/mol. The molecule has 0 saturated carbocycles. The minimum Gasteiger partial charge on any atom is -0.285 e.